The number of aliphatic carboxylic acids is 1. The van der Waals surface area contributed by atoms with E-state index in [-0.39, 0.29) is 12.5 Å². The number of carbonyl (C=O) groups is 2. The molecule has 2 aliphatic carbocycles. The SMILES string of the molecule is O=C(O)[C@@H]1CC(C2CC2)CN1C(=O)OCC1c2ccccc2-c2ccccc21. The minimum atomic E-state index is -0.934. The van der Waals surface area contributed by atoms with Gasteiger partial charge in [-0.2, -0.15) is 0 Å². The molecule has 2 fully saturated rings. The van der Waals surface area contributed by atoms with Crippen molar-refractivity contribution in [1.82, 2.24) is 4.90 Å². The Balaban J connectivity index is 1.33. The van der Waals surface area contributed by atoms with E-state index >= 15 is 0 Å². The maximum Gasteiger partial charge on any atom is 0.410 e. The Kier molecular flexibility index (Phi) is 4.11. The average Bonchev–Trinajstić information content (AvgIpc) is 3.37. The molecule has 5 nitrogen and oxygen atoms in total. The maximum atomic E-state index is 12.8. The molecule has 1 amide bonds. The van der Waals surface area contributed by atoms with Crippen LogP contribution in [0.5, 0.6) is 0 Å². The van der Waals surface area contributed by atoms with Gasteiger partial charge in [0.15, 0.2) is 0 Å². The van der Waals surface area contributed by atoms with Crippen molar-refractivity contribution in [3.63, 3.8) is 0 Å². The molecule has 0 radical (unpaired) electrons. The Labute approximate surface area is 163 Å². The zero-order valence-electron chi connectivity index (χ0n) is 15.6. The lowest BCUT2D eigenvalue weighted by molar-refractivity contribution is -0.141. The first-order valence-electron chi connectivity index (χ1n) is 9.98. The first-order valence-corrected chi connectivity index (χ1v) is 9.98. The minimum absolute atomic E-state index is 0.0125. The third kappa shape index (κ3) is 2.86. The number of carboxylic acids is 1. The van der Waals surface area contributed by atoms with E-state index in [0.717, 1.165) is 24.0 Å². The van der Waals surface area contributed by atoms with Gasteiger partial charge in [-0.25, -0.2) is 9.59 Å². The molecule has 2 aromatic rings. The van der Waals surface area contributed by atoms with Crippen molar-refractivity contribution in [2.24, 2.45) is 11.8 Å². The average molecular weight is 377 g/mol. The van der Waals surface area contributed by atoms with Crippen molar-refractivity contribution < 1.29 is 19.4 Å². The van der Waals surface area contributed by atoms with Crippen LogP contribution in [0.25, 0.3) is 11.1 Å². The van der Waals surface area contributed by atoms with Gasteiger partial charge in [-0.15, -0.1) is 0 Å². The number of rotatable bonds is 4. The van der Waals surface area contributed by atoms with Crippen molar-refractivity contribution >= 4 is 12.1 Å². The monoisotopic (exact) mass is 377 g/mol. The molecule has 1 N–H and O–H groups in total. The molecule has 2 aromatic carbocycles. The fraction of sp³-hybridized carbons (Fsp3) is 0.391. The van der Waals surface area contributed by atoms with Gasteiger partial charge in [0.05, 0.1) is 0 Å². The molecule has 0 spiro atoms. The number of hydrogen-bond acceptors (Lipinski definition) is 3. The highest BCUT2D eigenvalue weighted by Crippen LogP contribution is 2.45. The van der Waals surface area contributed by atoms with Gasteiger partial charge in [-0.3, -0.25) is 4.90 Å². The molecule has 5 heteroatoms. The molecule has 1 saturated carbocycles. The molecule has 3 aliphatic rings. The number of carbonyl (C=O) groups excluding carboxylic acids is 1. The zero-order chi connectivity index (χ0) is 19.3. The molecule has 1 unspecified atom stereocenters. The van der Waals surface area contributed by atoms with Crippen LogP contribution in [0.15, 0.2) is 48.5 Å². The maximum absolute atomic E-state index is 12.8. The summed E-state index contributed by atoms with van der Waals surface area (Å²) in [6.45, 7) is 0.724. The number of likely N-dealkylation sites (tertiary alicyclic amines) is 1. The summed E-state index contributed by atoms with van der Waals surface area (Å²) in [6.07, 6.45) is 2.34. The molecular weight excluding hydrogens is 354 g/mol. The summed E-state index contributed by atoms with van der Waals surface area (Å²) >= 11 is 0. The van der Waals surface area contributed by atoms with E-state index in [2.05, 4.69) is 24.3 Å². The lowest BCUT2D eigenvalue weighted by Gasteiger charge is -2.22. The van der Waals surface area contributed by atoms with Gasteiger partial charge in [-0.05, 0) is 53.4 Å². The number of benzene rings is 2. The number of fused-ring (bicyclic) bond motifs is 3. The van der Waals surface area contributed by atoms with E-state index in [1.165, 1.54) is 16.0 Å². The van der Waals surface area contributed by atoms with Gasteiger partial charge < -0.3 is 9.84 Å². The number of nitrogens with zero attached hydrogens (tertiary/aromatic N) is 1. The molecule has 144 valence electrons. The molecule has 2 atom stereocenters. The fourth-order valence-electron chi connectivity index (χ4n) is 4.89. The predicted octanol–water partition coefficient (Wildman–Crippen LogP) is 4.12. The fourth-order valence-corrected chi connectivity index (χ4v) is 4.89. The van der Waals surface area contributed by atoms with E-state index < -0.39 is 18.1 Å². The minimum Gasteiger partial charge on any atom is -0.480 e. The van der Waals surface area contributed by atoms with Crippen molar-refractivity contribution in [1.29, 1.82) is 0 Å². The largest absolute Gasteiger partial charge is 0.480 e. The van der Waals surface area contributed by atoms with Crippen LogP contribution in [0.4, 0.5) is 4.79 Å². The van der Waals surface area contributed by atoms with Crippen LogP contribution in [0.1, 0.15) is 36.3 Å². The highest BCUT2D eigenvalue weighted by atomic mass is 16.6. The molecular formula is C23H23NO4. The molecule has 0 bridgehead atoms. The van der Waals surface area contributed by atoms with Gasteiger partial charge in [0.25, 0.3) is 0 Å². The first-order chi connectivity index (χ1) is 13.6. The summed E-state index contributed by atoms with van der Waals surface area (Å²) in [7, 11) is 0. The van der Waals surface area contributed by atoms with Gasteiger partial charge in [0, 0.05) is 12.5 Å². The molecule has 28 heavy (non-hydrogen) atoms. The summed E-state index contributed by atoms with van der Waals surface area (Å²) in [5, 5.41) is 9.54. The van der Waals surface area contributed by atoms with Crippen molar-refractivity contribution in [3.8, 4) is 11.1 Å². The van der Waals surface area contributed by atoms with Gasteiger partial charge >= 0.3 is 12.1 Å². The lowest BCUT2D eigenvalue weighted by Crippen LogP contribution is -2.41. The van der Waals surface area contributed by atoms with E-state index in [1.807, 2.05) is 24.3 Å². The Morgan fingerprint density at radius 2 is 1.57 bits per heavy atom. The Bertz CT molecular complexity index is 890. The smallest absolute Gasteiger partial charge is 0.410 e. The Hall–Kier alpha value is -2.82. The highest BCUT2D eigenvalue weighted by Gasteiger charge is 2.46. The second-order valence-electron chi connectivity index (χ2n) is 8.14. The van der Waals surface area contributed by atoms with E-state index in [4.69, 9.17) is 4.74 Å². The van der Waals surface area contributed by atoms with Crippen molar-refractivity contribution in [2.75, 3.05) is 13.2 Å². The van der Waals surface area contributed by atoms with Crippen LogP contribution in [-0.4, -0.2) is 41.3 Å². The Morgan fingerprint density at radius 1 is 0.964 bits per heavy atom. The van der Waals surface area contributed by atoms with Crippen LogP contribution in [-0.2, 0) is 9.53 Å². The first kappa shape index (κ1) is 17.3. The summed E-state index contributed by atoms with van der Waals surface area (Å²) < 4.78 is 5.68. The molecule has 1 heterocycles. The van der Waals surface area contributed by atoms with Crippen LogP contribution in [0, 0.1) is 11.8 Å². The second kappa shape index (κ2) is 6.66. The molecule has 0 aromatic heterocycles. The zero-order valence-corrected chi connectivity index (χ0v) is 15.6. The van der Waals surface area contributed by atoms with E-state index in [9.17, 15) is 14.7 Å². The van der Waals surface area contributed by atoms with Gasteiger partial charge in [0.1, 0.15) is 12.6 Å². The van der Waals surface area contributed by atoms with Crippen molar-refractivity contribution in [3.05, 3.63) is 59.7 Å². The lowest BCUT2D eigenvalue weighted by atomic mass is 9.98. The standard InChI is InChI=1S/C23H23NO4/c25-22(26)21-11-15(14-9-10-14)12-24(21)23(27)28-13-20-18-7-3-1-5-16(18)17-6-2-4-8-19(17)20/h1-8,14-15,20-21H,9-13H2,(H,25,26)/t15?,21-/m0/s1. The summed E-state index contributed by atoms with van der Waals surface area (Å²) in [5.41, 5.74) is 4.67. The number of ether oxygens (including phenoxy) is 1. The third-order valence-electron chi connectivity index (χ3n) is 6.48. The van der Waals surface area contributed by atoms with E-state index in [0.29, 0.717) is 24.8 Å². The van der Waals surface area contributed by atoms with Crippen molar-refractivity contribution in [2.45, 2.75) is 31.2 Å². The molecule has 5 rings (SSSR count). The number of hydrogen-bond donors (Lipinski definition) is 1. The van der Waals surface area contributed by atoms with Crippen LogP contribution in [0.3, 0.4) is 0 Å². The van der Waals surface area contributed by atoms with Gasteiger partial charge in [0.2, 0.25) is 0 Å². The highest BCUT2D eigenvalue weighted by molar-refractivity contribution is 5.81. The molecule has 1 aliphatic heterocycles. The summed E-state index contributed by atoms with van der Waals surface area (Å²) in [6, 6.07) is 15.6. The van der Waals surface area contributed by atoms with Crippen LogP contribution >= 0.6 is 0 Å². The molecule has 1 saturated heterocycles. The Morgan fingerprint density at radius 3 is 2.14 bits per heavy atom. The number of carboxylic acid groups (broad SMARTS) is 1. The van der Waals surface area contributed by atoms with Crippen LogP contribution in [0.2, 0.25) is 0 Å². The third-order valence-corrected chi connectivity index (χ3v) is 6.48. The normalized spacial score (nSPS) is 23.4. The quantitative estimate of drug-likeness (QED) is 0.870. The summed E-state index contributed by atoms with van der Waals surface area (Å²) in [5.74, 6) is -0.0760. The van der Waals surface area contributed by atoms with Crippen LogP contribution < -0.4 is 0 Å². The van der Waals surface area contributed by atoms with E-state index in [1.54, 1.807) is 0 Å². The van der Waals surface area contributed by atoms with Gasteiger partial charge in [-0.1, -0.05) is 48.5 Å². The predicted molar refractivity (Wildman–Crippen MR) is 104 cm³/mol. The topological polar surface area (TPSA) is 66.8 Å². The number of amides is 1. The summed E-state index contributed by atoms with van der Waals surface area (Å²) in [4.78, 5) is 25.8. The second-order valence-corrected chi connectivity index (χ2v) is 8.14.